The maximum atomic E-state index is 12.3. The lowest BCUT2D eigenvalue weighted by Gasteiger charge is -2.31. The molecule has 0 atom stereocenters. The summed E-state index contributed by atoms with van der Waals surface area (Å²) < 4.78 is 5.65. The van der Waals surface area contributed by atoms with Gasteiger partial charge in [0.15, 0.2) is 6.61 Å². The second-order valence-corrected chi connectivity index (χ2v) is 6.77. The highest BCUT2D eigenvalue weighted by molar-refractivity contribution is 6.32. The lowest BCUT2D eigenvalue weighted by Crippen LogP contribution is -2.42. The van der Waals surface area contributed by atoms with Crippen LogP contribution in [-0.4, -0.2) is 37.0 Å². The molecular weight excluding hydrogens is 336 g/mol. The molecule has 132 valence electrons. The van der Waals surface area contributed by atoms with E-state index in [-0.39, 0.29) is 12.5 Å². The molecule has 0 bridgehead atoms. The Morgan fingerprint density at radius 1 is 1.12 bits per heavy atom. The van der Waals surface area contributed by atoms with Crippen molar-refractivity contribution in [2.75, 3.05) is 26.2 Å². The van der Waals surface area contributed by atoms with Gasteiger partial charge >= 0.3 is 0 Å². The van der Waals surface area contributed by atoms with Gasteiger partial charge in [-0.15, -0.1) is 0 Å². The van der Waals surface area contributed by atoms with Crippen LogP contribution in [0.4, 0.5) is 0 Å². The Hall–Kier alpha value is -2.04. The van der Waals surface area contributed by atoms with Crippen molar-refractivity contribution in [1.82, 2.24) is 4.90 Å². The zero-order valence-corrected chi connectivity index (χ0v) is 14.9. The maximum absolute atomic E-state index is 12.3. The summed E-state index contributed by atoms with van der Waals surface area (Å²) >= 11 is 6.32. The predicted molar refractivity (Wildman–Crippen MR) is 101 cm³/mol. The number of rotatable bonds is 5. The number of ether oxygens (including phenoxy) is 1. The van der Waals surface area contributed by atoms with Crippen LogP contribution in [0.2, 0.25) is 5.02 Å². The quantitative estimate of drug-likeness (QED) is 0.888. The van der Waals surface area contributed by atoms with E-state index in [1.54, 1.807) is 0 Å². The number of halogens is 1. The molecule has 1 aliphatic heterocycles. The lowest BCUT2D eigenvalue weighted by molar-refractivity contribution is -0.134. The fraction of sp³-hybridized carbons (Fsp3) is 0.350. The third-order valence-electron chi connectivity index (χ3n) is 4.69. The van der Waals surface area contributed by atoms with Gasteiger partial charge in [-0.1, -0.05) is 48.0 Å². The molecule has 1 saturated heterocycles. The maximum Gasteiger partial charge on any atom is 0.260 e. The molecular formula is C20H23ClN2O2. The fourth-order valence-corrected chi connectivity index (χ4v) is 3.31. The molecule has 25 heavy (non-hydrogen) atoms. The van der Waals surface area contributed by atoms with Gasteiger partial charge in [0.05, 0.1) is 5.02 Å². The Labute approximate surface area is 153 Å². The minimum Gasteiger partial charge on any atom is -0.482 e. The van der Waals surface area contributed by atoms with E-state index >= 15 is 0 Å². The van der Waals surface area contributed by atoms with E-state index in [9.17, 15) is 4.79 Å². The van der Waals surface area contributed by atoms with Gasteiger partial charge in [-0.2, -0.15) is 0 Å². The molecule has 0 saturated carbocycles. The van der Waals surface area contributed by atoms with Crippen LogP contribution in [-0.2, 0) is 4.79 Å². The number of nitrogens with zero attached hydrogens (tertiary/aromatic N) is 1. The van der Waals surface area contributed by atoms with Crippen LogP contribution < -0.4 is 10.5 Å². The van der Waals surface area contributed by atoms with E-state index in [1.807, 2.05) is 53.4 Å². The van der Waals surface area contributed by atoms with Gasteiger partial charge in [0.1, 0.15) is 5.75 Å². The smallest absolute Gasteiger partial charge is 0.260 e. The van der Waals surface area contributed by atoms with E-state index in [0.717, 1.165) is 37.1 Å². The first-order valence-electron chi connectivity index (χ1n) is 8.63. The monoisotopic (exact) mass is 358 g/mol. The summed E-state index contributed by atoms with van der Waals surface area (Å²) in [5.41, 5.74) is 7.80. The Bertz CT molecular complexity index is 713. The number of likely N-dealkylation sites (tertiary alicyclic amines) is 1. The highest BCUT2D eigenvalue weighted by Gasteiger charge is 2.22. The molecule has 0 aromatic heterocycles. The van der Waals surface area contributed by atoms with Gasteiger partial charge in [-0.05, 0) is 48.6 Å². The summed E-state index contributed by atoms with van der Waals surface area (Å²) in [6.07, 6.45) is 1.93. The molecule has 1 aliphatic rings. The number of amides is 1. The summed E-state index contributed by atoms with van der Waals surface area (Å²) in [5.74, 6) is 1.06. The average Bonchev–Trinajstić information content (AvgIpc) is 2.67. The predicted octanol–water partition coefficient (Wildman–Crippen LogP) is 3.58. The van der Waals surface area contributed by atoms with Crippen molar-refractivity contribution in [2.24, 2.45) is 11.7 Å². The minimum absolute atomic E-state index is 0.00123. The first kappa shape index (κ1) is 17.8. The molecule has 0 unspecified atom stereocenters. The largest absolute Gasteiger partial charge is 0.482 e. The lowest BCUT2D eigenvalue weighted by atomic mass is 9.97. The molecule has 0 aliphatic carbocycles. The Morgan fingerprint density at radius 3 is 2.48 bits per heavy atom. The highest BCUT2D eigenvalue weighted by Crippen LogP contribution is 2.30. The first-order chi connectivity index (χ1) is 12.2. The van der Waals surface area contributed by atoms with E-state index in [1.165, 1.54) is 0 Å². The second kappa shape index (κ2) is 8.37. The third kappa shape index (κ3) is 4.53. The van der Waals surface area contributed by atoms with E-state index in [2.05, 4.69) is 0 Å². The summed E-state index contributed by atoms with van der Waals surface area (Å²) in [6.45, 7) is 2.22. The van der Waals surface area contributed by atoms with Gasteiger partial charge in [0, 0.05) is 13.1 Å². The van der Waals surface area contributed by atoms with Crippen LogP contribution >= 0.6 is 11.6 Å². The van der Waals surface area contributed by atoms with Crippen molar-refractivity contribution >= 4 is 17.5 Å². The molecule has 1 heterocycles. The van der Waals surface area contributed by atoms with E-state index < -0.39 is 0 Å². The Balaban J connectivity index is 1.57. The molecule has 0 spiro atoms. The normalized spacial score (nSPS) is 15.2. The zero-order chi connectivity index (χ0) is 17.6. The molecule has 5 heteroatoms. The van der Waals surface area contributed by atoms with Crippen molar-refractivity contribution in [3.05, 3.63) is 53.6 Å². The van der Waals surface area contributed by atoms with Crippen LogP contribution in [0.5, 0.6) is 5.75 Å². The van der Waals surface area contributed by atoms with Gasteiger partial charge < -0.3 is 15.4 Å². The van der Waals surface area contributed by atoms with Crippen molar-refractivity contribution < 1.29 is 9.53 Å². The number of nitrogens with two attached hydrogens (primary N) is 1. The summed E-state index contributed by atoms with van der Waals surface area (Å²) in [7, 11) is 0. The summed E-state index contributed by atoms with van der Waals surface area (Å²) in [6, 6.07) is 15.6. The second-order valence-electron chi connectivity index (χ2n) is 6.36. The molecule has 2 aromatic rings. The van der Waals surface area contributed by atoms with Gasteiger partial charge in [0.25, 0.3) is 5.91 Å². The molecule has 0 radical (unpaired) electrons. The van der Waals surface area contributed by atoms with Crippen LogP contribution in [0.25, 0.3) is 11.1 Å². The number of piperidine rings is 1. The van der Waals surface area contributed by atoms with Crippen molar-refractivity contribution in [1.29, 1.82) is 0 Å². The molecule has 2 aromatic carbocycles. The van der Waals surface area contributed by atoms with Crippen LogP contribution in [0, 0.1) is 5.92 Å². The van der Waals surface area contributed by atoms with Crippen LogP contribution in [0.3, 0.4) is 0 Å². The van der Waals surface area contributed by atoms with Gasteiger partial charge in [0.2, 0.25) is 0 Å². The SMILES string of the molecule is NCC1CCN(C(=O)COc2ccc(-c3ccccc3)cc2Cl)CC1. The Kier molecular flexibility index (Phi) is 5.95. The number of carbonyl (C=O) groups is 1. The summed E-state index contributed by atoms with van der Waals surface area (Å²) in [5, 5.41) is 0.510. The van der Waals surface area contributed by atoms with Gasteiger partial charge in [-0.3, -0.25) is 4.79 Å². The number of hydrogen-bond donors (Lipinski definition) is 1. The van der Waals surface area contributed by atoms with Crippen LogP contribution in [0.1, 0.15) is 12.8 Å². The number of benzene rings is 2. The Morgan fingerprint density at radius 2 is 1.84 bits per heavy atom. The van der Waals surface area contributed by atoms with Gasteiger partial charge in [-0.25, -0.2) is 0 Å². The van der Waals surface area contributed by atoms with E-state index in [0.29, 0.717) is 23.2 Å². The van der Waals surface area contributed by atoms with Crippen molar-refractivity contribution in [3.63, 3.8) is 0 Å². The molecule has 3 rings (SSSR count). The topological polar surface area (TPSA) is 55.6 Å². The molecule has 2 N–H and O–H groups in total. The summed E-state index contributed by atoms with van der Waals surface area (Å²) in [4.78, 5) is 14.1. The number of carbonyl (C=O) groups excluding carboxylic acids is 1. The first-order valence-corrected chi connectivity index (χ1v) is 9.01. The van der Waals surface area contributed by atoms with Crippen LogP contribution in [0.15, 0.2) is 48.5 Å². The minimum atomic E-state index is -0.00123. The molecule has 1 fully saturated rings. The molecule has 1 amide bonds. The third-order valence-corrected chi connectivity index (χ3v) is 4.99. The zero-order valence-electron chi connectivity index (χ0n) is 14.2. The van der Waals surface area contributed by atoms with E-state index in [4.69, 9.17) is 22.1 Å². The van der Waals surface area contributed by atoms with Crippen molar-refractivity contribution in [2.45, 2.75) is 12.8 Å². The molecule has 4 nitrogen and oxygen atoms in total. The highest BCUT2D eigenvalue weighted by atomic mass is 35.5. The standard InChI is InChI=1S/C20H23ClN2O2/c21-18-12-17(16-4-2-1-3-5-16)6-7-19(18)25-14-20(24)23-10-8-15(13-22)9-11-23/h1-7,12,15H,8-11,13-14,22H2. The average molecular weight is 359 g/mol. The number of hydrogen-bond acceptors (Lipinski definition) is 3. The fourth-order valence-electron chi connectivity index (χ4n) is 3.08. The van der Waals surface area contributed by atoms with Crippen molar-refractivity contribution in [3.8, 4) is 16.9 Å².